The van der Waals surface area contributed by atoms with E-state index in [0.717, 1.165) is 10.2 Å². The van der Waals surface area contributed by atoms with Gasteiger partial charge in [0.1, 0.15) is 0 Å². The van der Waals surface area contributed by atoms with Crippen molar-refractivity contribution in [1.29, 1.82) is 0 Å². The molecule has 7 heteroatoms. The first kappa shape index (κ1) is 19.2. The molecular formula is C21H21N3O4. The molecule has 0 aliphatic rings. The number of benzene rings is 2. The summed E-state index contributed by atoms with van der Waals surface area (Å²) < 4.78 is 11.9. The highest BCUT2D eigenvalue weighted by atomic mass is 16.5. The summed E-state index contributed by atoms with van der Waals surface area (Å²) in [6, 6.07) is 10.4. The van der Waals surface area contributed by atoms with E-state index in [1.807, 2.05) is 13.0 Å². The Kier molecular flexibility index (Phi) is 5.74. The van der Waals surface area contributed by atoms with Crippen molar-refractivity contribution in [2.24, 2.45) is 5.10 Å². The van der Waals surface area contributed by atoms with Gasteiger partial charge in [-0.15, -0.1) is 11.3 Å². The van der Waals surface area contributed by atoms with Crippen LogP contribution in [0.5, 0.6) is 11.5 Å². The Morgan fingerprint density at radius 2 is 2.04 bits per heavy atom. The van der Waals surface area contributed by atoms with E-state index in [1.165, 1.54) is 6.21 Å². The van der Waals surface area contributed by atoms with Gasteiger partial charge in [0.25, 0.3) is 5.56 Å². The third-order valence-corrected chi connectivity index (χ3v) is 4.13. The molecule has 0 spiro atoms. The van der Waals surface area contributed by atoms with Crippen molar-refractivity contribution in [2.45, 2.75) is 13.3 Å². The standard InChI is InChI=1S/C21H21N3O4/c1-4-8-15-11-14(12-18(28-5-2)19(15)27-3)13-22-24-20(25)16-9-6-7-10-17(16)23-21(24)26/h4,6-7,9-13H,1,5,8H2,2-3H3,(H,23,26). The first-order valence-corrected chi connectivity index (χ1v) is 8.82. The van der Waals surface area contributed by atoms with E-state index in [0.29, 0.717) is 41.0 Å². The molecular weight excluding hydrogens is 358 g/mol. The fourth-order valence-electron chi connectivity index (χ4n) is 2.94. The lowest BCUT2D eigenvalue weighted by molar-refractivity contribution is 0.309. The van der Waals surface area contributed by atoms with Crippen LogP contribution in [-0.4, -0.2) is 29.6 Å². The van der Waals surface area contributed by atoms with Crippen LogP contribution in [0.1, 0.15) is 18.1 Å². The van der Waals surface area contributed by atoms with Crippen molar-refractivity contribution in [1.82, 2.24) is 9.66 Å². The molecule has 144 valence electrons. The molecule has 0 aliphatic carbocycles. The van der Waals surface area contributed by atoms with Crippen molar-refractivity contribution >= 4 is 17.1 Å². The second-order valence-electron chi connectivity index (χ2n) is 5.97. The zero-order valence-corrected chi connectivity index (χ0v) is 15.8. The minimum absolute atomic E-state index is 0.385. The number of nitrogens with zero attached hydrogens (tertiary/aromatic N) is 2. The third-order valence-electron chi connectivity index (χ3n) is 4.13. The summed E-state index contributed by atoms with van der Waals surface area (Å²) in [6.07, 6.45) is 3.77. The Labute approximate surface area is 161 Å². The van der Waals surface area contributed by atoms with Crippen LogP contribution in [0.4, 0.5) is 0 Å². The fraction of sp³-hybridized carbons (Fsp3) is 0.190. The normalized spacial score (nSPS) is 11.1. The monoisotopic (exact) mass is 379 g/mol. The number of nitrogens with one attached hydrogen (secondary N) is 1. The molecule has 1 heterocycles. The molecule has 1 aromatic heterocycles. The Morgan fingerprint density at radius 1 is 1.25 bits per heavy atom. The second kappa shape index (κ2) is 8.39. The smallest absolute Gasteiger partial charge is 0.349 e. The summed E-state index contributed by atoms with van der Waals surface area (Å²) >= 11 is 0. The quantitative estimate of drug-likeness (QED) is 0.505. The number of hydrogen-bond donors (Lipinski definition) is 1. The van der Waals surface area contributed by atoms with Crippen LogP contribution in [0.25, 0.3) is 10.9 Å². The van der Waals surface area contributed by atoms with Crippen LogP contribution >= 0.6 is 0 Å². The van der Waals surface area contributed by atoms with E-state index in [9.17, 15) is 9.59 Å². The average Bonchev–Trinajstić information content (AvgIpc) is 2.68. The van der Waals surface area contributed by atoms with Gasteiger partial charge in [0, 0.05) is 5.56 Å². The van der Waals surface area contributed by atoms with Gasteiger partial charge in [-0.1, -0.05) is 18.2 Å². The molecule has 0 atom stereocenters. The summed E-state index contributed by atoms with van der Waals surface area (Å²) in [5.41, 5.74) is 0.913. The van der Waals surface area contributed by atoms with E-state index in [1.54, 1.807) is 43.5 Å². The number of rotatable bonds is 7. The molecule has 3 rings (SSSR count). The first-order chi connectivity index (χ1) is 13.6. The van der Waals surface area contributed by atoms with Gasteiger partial charge in [-0.05, 0) is 43.2 Å². The predicted molar refractivity (Wildman–Crippen MR) is 110 cm³/mol. The van der Waals surface area contributed by atoms with Crippen LogP contribution in [0, 0.1) is 0 Å². The molecule has 0 amide bonds. The molecule has 0 unspecified atom stereocenters. The number of aromatic amines is 1. The predicted octanol–water partition coefficient (Wildman–Crippen LogP) is 2.71. The average molecular weight is 379 g/mol. The molecule has 28 heavy (non-hydrogen) atoms. The zero-order chi connectivity index (χ0) is 20.1. The maximum atomic E-state index is 12.6. The Balaban J connectivity index is 2.09. The lowest BCUT2D eigenvalue weighted by Gasteiger charge is -2.14. The SMILES string of the molecule is C=CCc1cc(C=Nn2c(=O)[nH]c3ccccc3c2=O)cc(OCC)c1OC. The lowest BCUT2D eigenvalue weighted by atomic mass is 10.1. The summed E-state index contributed by atoms with van der Waals surface area (Å²) in [5, 5.41) is 4.48. The first-order valence-electron chi connectivity index (χ1n) is 8.82. The maximum Gasteiger partial charge on any atom is 0.349 e. The number of H-pyrrole nitrogens is 1. The summed E-state index contributed by atoms with van der Waals surface area (Å²) in [6.45, 7) is 6.10. The highest BCUT2D eigenvalue weighted by Gasteiger charge is 2.12. The highest BCUT2D eigenvalue weighted by molar-refractivity contribution is 5.82. The molecule has 0 saturated heterocycles. The molecule has 0 bridgehead atoms. The van der Waals surface area contributed by atoms with Crippen molar-refractivity contribution < 1.29 is 9.47 Å². The van der Waals surface area contributed by atoms with Gasteiger partial charge in [-0.3, -0.25) is 4.79 Å². The Morgan fingerprint density at radius 3 is 2.75 bits per heavy atom. The Hall–Kier alpha value is -3.61. The van der Waals surface area contributed by atoms with E-state index in [4.69, 9.17) is 9.47 Å². The number of allylic oxidation sites excluding steroid dienone is 1. The number of ether oxygens (including phenoxy) is 2. The maximum absolute atomic E-state index is 12.6. The molecule has 0 aliphatic heterocycles. The summed E-state index contributed by atoms with van der Waals surface area (Å²) in [5.74, 6) is 1.19. The van der Waals surface area contributed by atoms with Crippen molar-refractivity contribution in [3.63, 3.8) is 0 Å². The van der Waals surface area contributed by atoms with Crippen LogP contribution in [0.3, 0.4) is 0 Å². The minimum atomic E-state index is -0.607. The van der Waals surface area contributed by atoms with E-state index in [2.05, 4.69) is 16.7 Å². The number of hydrogen-bond acceptors (Lipinski definition) is 5. The van der Waals surface area contributed by atoms with E-state index in [-0.39, 0.29) is 0 Å². The fourth-order valence-corrected chi connectivity index (χ4v) is 2.94. The molecule has 3 aromatic rings. The van der Waals surface area contributed by atoms with Crippen molar-refractivity contribution in [2.75, 3.05) is 13.7 Å². The van der Waals surface area contributed by atoms with Crippen molar-refractivity contribution in [3.05, 3.63) is 81.0 Å². The molecule has 1 N–H and O–H groups in total. The van der Waals surface area contributed by atoms with Gasteiger partial charge >= 0.3 is 5.69 Å². The molecule has 2 aromatic carbocycles. The zero-order valence-electron chi connectivity index (χ0n) is 15.8. The number of aromatic nitrogens is 2. The highest BCUT2D eigenvalue weighted by Crippen LogP contribution is 2.33. The van der Waals surface area contributed by atoms with E-state index >= 15 is 0 Å². The number of para-hydroxylation sites is 1. The minimum Gasteiger partial charge on any atom is -0.493 e. The van der Waals surface area contributed by atoms with Gasteiger partial charge in [-0.2, -0.15) is 5.10 Å². The Bertz CT molecular complexity index is 1160. The summed E-state index contributed by atoms with van der Waals surface area (Å²) in [4.78, 5) is 27.5. The summed E-state index contributed by atoms with van der Waals surface area (Å²) in [7, 11) is 1.58. The third kappa shape index (κ3) is 3.73. The van der Waals surface area contributed by atoms with Crippen LogP contribution < -0.4 is 20.7 Å². The molecule has 0 saturated carbocycles. The molecule has 0 fully saturated rings. The van der Waals surface area contributed by atoms with Crippen LogP contribution in [0.2, 0.25) is 0 Å². The van der Waals surface area contributed by atoms with Crippen molar-refractivity contribution in [3.8, 4) is 11.5 Å². The van der Waals surface area contributed by atoms with Crippen LogP contribution in [0.15, 0.2) is 63.7 Å². The van der Waals surface area contributed by atoms with Crippen LogP contribution in [-0.2, 0) is 6.42 Å². The van der Waals surface area contributed by atoms with E-state index < -0.39 is 11.2 Å². The molecule has 7 nitrogen and oxygen atoms in total. The molecule has 0 radical (unpaired) electrons. The van der Waals surface area contributed by atoms with Gasteiger partial charge in [0.2, 0.25) is 0 Å². The van der Waals surface area contributed by atoms with Gasteiger partial charge in [-0.25, -0.2) is 4.79 Å². The number of methoxy groups -OCH3 is 1. The second-order valence-corrected chi connectivity index (χ2v) is 5.97. The van der Waals surface area contributed by atoms with Gasteiger partial charge in [0.15, 0.2) is 11.5 Å². The largest absolute Gasteiger partial charge is 0.493 e. The van der Waals surface area contributed by atoms with Gasteiger partial charge < -0.3 is 14.5 Å². The topological polar surface area (TPSA) is 85.7 Å². The number of fused-ring (bicyclic) bond motifs is 1. The lowest BCUT2D eigenvalue weighted by Crippen LogP contribution is -2.32. The van der Waals surface area contributed by atoms with Gasteiger partial charge in [0.05, 0.1) is 30.8 Å².